The van der Waals surface area contributed by atoms with Crippen molar-refractivity contribution in [1.29, 1.82) is 0 Å². The number of carbonyl (C=O) groups is 2. The van der Waals surface area contributed by atoms with Crippen LogP contribution in [-0.2, 0) is 4.79 Å². The maximum atomic E-state index is 13.4. The van der Waals surface area contributed by atoms with Gasteiger partial charge in [-0.15, -0.1) is 0 Å². The summed E-state index contributed by atoms with van der Waals surface area (Å²) in [6.07, 6.45) is 1.65. The molecule has 0 aromatic heterocycles. The summed E-state index contributed by atoms with van der Waals surface area (Å²) in [6, 6.07) is 4.20. The molecule has 0 radical (unpaired) electrons. The first-order valence-electron chi connectivity index (χ1n) is 7.31. The van der Waals surface area contributed by atoms with E-state index in [0.717, 1.165) is 18.4 Å². The molecule has 2 saturated heterocycles. The maximum absolute atomic E-state index is 13.4. The van der Waals surface area contributed by atoms with Crippen LogP contribution in [0.1, 0.15) is 28.8 Å². The van der Waals surface area contributed by atoms with Crippen molar-refractivity contribution in [1.82, 2.24) is 9.80 Å². The Morgan fingerprint density at radius 2 is 2.14 bits per heavy atom. The first-order chi connectivity index (χ1) is 9.99. The molecular formula is C16H19FN2O2. The summed E-state index contributed by atoms with van der Waals surface area (Å²) >= 11 is 0. The predicted octanol–water partition coefficient (Wildman–Crippen LogP) is 1.83. The van der Waals surface area contributed by atoms with Crippen molar-refractivity contribution < 1.29 is 14.0 Å². The van der Waals surface area contributed by atoms with Crippen LogP contribution in [-0.4, -0.2) is 47.8 Å². The van der Waals surface area contributed by atoms with Crippen LogP contribution in [0.3, 0.4) is 0 Å². The number of nitrogens with zero attached hydrogens (tertiary/aromatic N) is 2. The average molecular weight is 290 g/mol. The minimum absolute atomic E-state index is 0.0774. The molecule has 2 aliphatic heterocycles. The number of likely N-dealkylation sites (tertiary alicyclic amines) is 2. The van der Waals surface area contributed by atoms with Crippen LogP contribution in [0, 0.1) is 18.7 Å². The Morgan fingerprint density at radius 3 is 2.90 bits per heavy atom. The number of rotatable bonds is 1. The molecule has 3 rings (SSSR count). The van der Waals surface area contributed by atoms with Gasteiger partial charge in [-0.05, 0) is 37.5 Å². The van der Waals surface area contributed by atoms with Crippen molar-refractivity contribution in [3.05, 3.63) is 35.1 Å². The molecule has 5 heteroatoms. The molecule has 2 aliphatic rings. The lowest BCUT2D eigenvalue weighted by Gasteiger charge is -2.36. The number of hydrogen-bond donors (Lipinski definition) is 0. The average Bonchev–Trinajstić information content (AvgIpc) is 2.76. The molecule has 2 atom stereocenters. The highest BCUT2D eigenvalue weighted by Crippen LogP contribution is 2.32. The Balaban J connectivity index is 1.90. The van der Waals surface area contributed by atoms with Crippen molar-refractivity contribution in [3.8, 4) is 0 Å². The van der Waals surface area contributed by atoms with E-state index in [4.69, 9.17) is 0 Å². The van der Waals surface area contributed by atoms with Gasteiger partial charge < -0.3 is 9.80 Å². The topological polar surface area (TPSA) is 40.6 Å². The lowest BCUT2D eigenvalue weighted by molar-refractivity contribution is -0.130. The lowest BCUT2D eigenvalue weighted by Crippen LogP contribution is -2.48. The third-order valence-corrected chi connectivity index (χ3v) is 4.62. The summed E-state index contributed by atoms with van der Waals surface area (Å²) in [4.78, 5) is 28.3. The van der Waals surface area contributed by atoms with Gasteiger partial charge in [-0.2, -0.15) is 0 Å². The van der Waals surface area contributed by atoms with E-state index in [1.165, 1.54) is 12.1 Å². The molecule has 1 aromatic rings. The molecule has 4 nitrogen and oxygen atoms in total. The van der Waals surface area contributed by atoms with E-state index < -0.39 is 5.82 Å². The molecule has 2 heterocycles. The van der Waals surface area contributed by atoms with Gasteiger partial charge in [-0.1, -0.05) is 6.07 Å². The number of piperidine rings is 1. The van der Waals surface area contributed by atoms with Crippen molar-refractivity contribution in [2.45, 2.75) is 25.8 Å². The van der Waals surface area contributed by atoms with Crippen molar-refractivity contribution in [2.75, 3.05) is 20.1 Å². The molecule has 2 fully saturated rings. The number of halogens is 1. The Morgan fingerprint density at radius 1 is 1.38 bits per heavy atom. The van der Waals surface area contributed by atoms with Crippen LogP contribution in [0.25, 0.3) is 0 Å². The van der Waals surface area contributed by atoms with Crippen molar-refractivity contribution >= 4 is 11.8 Å². The van der Waals surface area contributed by atoms with Gasteiger partial charge in [0.25, 0.3) is 5.91 Å². The normalized spacial score (nSPS) is 25.2. The lowest BCUT2D eigenvalue weighted by atomic mass is 9.90. The van der Waals surface area contributed by atoms with E-state index in [-0.39, 0.29) is 23.8 Å². The molecule has 0 aliphatic carbocycles. The van der Waals surface area contributed by atoms with Gasteiger partial charge in [0.15, 0.2) is 0 Å². The van der Waals surface area contributed by atoms with Crippen molar-refractivity contribution in [3.63, 3.8) is 0 Å². The third-order valence-electron chi connectivity index (χ3n) is 4.62. The van der Waals surface area contributed by atoms with Crippen LogP contribution in [0.5, 0.6) is 0 Å². The van der Waals surface area contributed by atoms with Crippen molar-refractivity contribution in [2.24, 2.45) is 5.92 Å². The van der Waals surface area contributed by atoms with E-state index >= 15 is 0 Å². The Bertz CT molecular complexity index is 602. The molecule has 1 aromatic carbocycles. The highest BCUT2D eigenvalue weighted by molar-refractivity contribution is 5.96. The molecule has 0 spiro atoms. The second-order valence-electron chi connectivity index (χ2n) is 5.99. The third kappa shape index (κ3) is 2.30. The largest absolute Gasteiger partial charge is 0.343 e. The van der Waals surface area contributed by atoms with Gasteiger partial charge in [0.1, 0.15) is 5.82 Å². The number of aryl methyl sites for hydroxylation is 1. The van der Waals surface area contributed by atoms with E-state index in [0.29, 0.717) is 18.7 Å². The summed E-state index contributed by atoms with van der Waals surface area (Å²) in [5.74, 6) is -0.544. The molecule has 0 unspecified atom stereocenters. The fraction of sp³-hybridized carbons (Fsp3) is 0.500. The Kier molecular flexibility index (Phi) is 3.43. The zero-order chi connectivity index (χ0) is 15.1. The van der Waals surface area contributed by atoms with Crippen LogP contribution in [0.15, 0.2) is 18.2 Å². The smallest absolute Gasteiger partial charge is 0.254 e. The van der Waals surface area contributed by atoms with E-state index in [1.54, 1.807) is 29.8 Å². The minimum Gasteiger partial charge on any atom is -0.343 e. The molecule has 0 saturated carbocycles. The van der Waals surface area contributed by atoms with Crippen LogP contribution < -0.4 is 0 Å². The molecular weight excluding hydrogens is 271 g/mol. The number of fused-ring (bicyclic) bond motifs is 1. The van der Waals surface area contributed by atoms with Gasteiger partial charge >= 0.3 is 0 Å². The summed E-state index contributed by atoms with van der Waals surface area (Å²) < 4.78 is 13.4. The molecule has 0 N–H and O–H groups in total. The van der Waals surface area contributed by atoms with Crippen LogP contribution >= 0.6 is 0 Å². The molecule has 2 amide bonds. The number of benzene rings is 1. The van der Waals surface area contributed by atoms with Gasteiger partial charge in [0, 0.05) is 25.7 Å². The predicted molar refractivity (Wildman–Crippen MR) is 76.3 cm³/mol. The van der Waals surface area contributed by atoms with Gasteiger partial charge in [-0.25, -0.2) is 4.39 Å². The number of amides is 2. The van der Waals surface area contributed by atoms with E-state index in [2.05, 4.69) is 0 Å². The number of carbonyl (C=O) groups excluding carboxylic acids is 2. The molecule has 21 heavy (non-hydrogen) atoms. The first-order valence-corrected chi connectivity index (χ1v) is 7.31. The number of hydrogen-bond acceptors (Lipinski definition) is 2. The molecule has 0 bridgehead atoms. The highest BCUT2D eigenvalue weighted by atomic mass is 19.1. The fourth-order valence-electron chi connectivity index (χ4n) is 3.46. The Hall–Kier alpha value is -1.91. The first kappa shape index (κ1) is 14.0. The summed E-state index contributed by atoms with van der Waals surface area (Å²) in [6.45, 7) is 3.01. The van der Waals surface area contributed by atoms with E-state index in [9.17, 15) is 14.0 Å². The standard InChI is InChI=1S/C16H19FN2O2/c1-10-5-6-11(17)8-13(10)16(21)19-7-3-4-12-14(19)9-18(2)15(12)20/h5-6,8,12,14H,3-4,7,9H2,1-2H3/t12-,14-/m1/s1. The molecule has 112 valence electrons. The second kappa shape index (κ2) is 5.13. The maximum Gasteiger partial charge on any atom is 0.254 e. The second-order valence-corrected chi connectivity index (χ2v) is 5.99. The Labute approximate surface area is 123 Å². The fourth-order valence-corrected chi connectivity index (χ4v) is 3.46. The van der Waals surface area contributed by atoms with E-state index in [1.807, 2.05) is 0 Å². The van der Waals surface area contributed by atoms with Gasteiger partial charge in [0.05, 0.1) is 12.0 Å². The van der Waals surface area contributed by atoms with Crippen LogP contribution in [0.4, 0.5) is 4.39 Å². The minimum atomic E-state index is -0.405. The monoisotopic (exact) mass is 290 g/mol. The summed E-state index contributed by atoms with van der Waals surface area (Å²) in [5.41, 5.74) is 1.17. The SMILES string of the molecule is Cc1ccc(F)cc1C(=O)N1CCC[C@H]2C(=O)N(C)C[C@H]21. The zero-order valence-corrected chi connectivity index (χ0v) is 12.3. The summed E-state index contributed by atoms with van der Waals surface area (Å²) in [7, 11) is 1.77. The van der Waals surface area contributed by atoms with Gasteiger partial charge in [0.2, 0.25) is 5.91 Å². The quantitative estimate of drug-likeness (QED) is 0.791. The highest BCUT2D eigenvalue weighted by Gasteiger charge is 2.45. The van der Waals surface area contributed by atoms with Gasteiger partial charge in [-0.3, -0.25) is 9.59 Å². The zero-order valence-electron chi connectivity index (χ0n) is 12.3. The van der Waals surface area contributed by atoms with Crippen LogP contribution in [0.2, 0.25) is 0 Å². The summed E-state index contributed by atoms with van der Waals surface area (Å²) in [5, 5.41) is 0. The number of likely N-dealkylation sites (N-methyl/N-ethyl adjacent to an activating group) is 1.